The van der Waals surface area contributed by atoms with Crippen molar-refractivity contribution in [2.24, 2.45) is 28.6 Å². The van der Waals surface area contributed by atoms with E-state index in [1.165, 1.54) is 6.07 Å². The highest BCUT2D eigenvalue weighted by Gasteiger charge is 2.69. The second kappa shape index (κ2) is 6.41. The fourth-order valence-corrected chi connectivity index (χ4v) is 8.41. The summed E-state index contributed by atoms with van der Waals surface area (Å²) in [6.07, 6.45) is 7.49. The van der Waals surface area contributed by atoms with Gasteiger partial charge in [0.2, 0.25) is 0 Å². The highest BCUT2D eigenvalue weighted by Crippen LogP contribution is 2.70. The van der Waals surface area contributed by atoms with Gasteiger partial charge in [-0.25, -0.2) is 4.79 Å². The summed E-state index contributed by atoms with van der Waals surface area (Å²) in [5.74, 6) is 0.662. The first-order valence-electron chi connectivity index (χ1n) is 11.4. The van der Waals surface area contributed by atoms with Crippen molar-refractivity contribution >= 4 is 0 Å². The second-order valence-electron chi connectivity index (χ2n) is 10.9. The third kappa shape index (κ3) is 2.60. The zero-order chi connectivity index (χ0) is 20.6. The van der Waals surface area contributed by atoms with Crippen molar-refractivity contribution in [1.82, 2.24) is 0 Å². The van der Waals surface area contributed by atoms with Crippen LogP contribution in [-0.2, 0) is 0 Å². The number of aliphatic hydroxyl groups is 3. The van der Waals surface area contributed by atoms with Crippen LogP contribution in [0.2, 0.25) is 0 Å². The molecule has 0 radical (unpaired) electrons. The Morgan fingerprint density at radius 3 is 2.59 bits per heavy atom. The zero-order valence-corrected chi connectivity index (χ0v) is 17.5. The molecule has 0 spiro atoms. The van der Waals surface area contributed by atoms with Gasteiger partial charge in [-0.05, 0) is 92.1 Å². The topological polar surface area (TPSA) is 90.9 Å². The van der Waals surface area contributed by atoms with E-state index in [0.29, 0.717) is 12.3 Å². The Morgan fingerprint density at radius 1 is 1.07 bits per heavy atom. The van der Waals surface area contributed by atoms with Crippen LogP contribution in [0.25, 0.3) is 0 Å². The minimum atomic E-state index is -0.818. The molecule has 0 aliphatic heterocycles. The van der Waals surface area contributed by atoms with Crippen LogP contribution in [0, 0.1) is 28.6 Å². The third-order valence-corrected chi connectivity index (χ3v) is 9.89. The summed E-state index contributed by atoms with van der Waals surface area (Å²) in [4.78, 5) is 11.4. The van der Waals surface area contributed by atoms with Gasteiger partial charge < -0.3 is 19.7 Å². The largest absolute Gasteiger partial charge is 0.431 e. The molecule has 0 unspecified atom stereocenters. The van der Waals surface area contributed by atoms with Crippen LogP contribution in [0.5, 0.6) is 0 Å². The van der Waals surface area contributed by atoms with Crippen molar-refractivity contribution in [2.75, 3.05) is 0 Å². The predicted molar refractivity (Wildman–Crippen MR) is 108 cm³/mol. The summed E-state index contributed by atoms with van der Waals surface area (Å²) in [6.45, 7) is 4.43. The summed E-state index contributed by atoms with van der Waals surface area (Å²) in [7, 11) is 0. The molecule has 4 aliphatic carbocycles. The van der Waals surface area contributed by atoms with Gasteiger partial charge >= 0.3 is 5.63 Å². The quantitative estimate of drug-likeness (QED) is 0.671. The SMILES string of the molecule is C[C@]12CC[C@H](O)C[C@H]1CC[C@H]1[C@@H]2[C@H](O)C[C@@]2(C)[C@H](c3ccc(=O)oc3)CC[C@]12O. The maximum atomic E-state index is 12.2. The van der Waals surface area contributed by atoms with E-state index >= 15 is 0 Å². The van der Waals surface area contributed by atoms with Gasteiger partial charge in [0.1, 0.15) is 0 Å². The van der Waals surface area contributed by atoms with E-state index < -0.39 is 17.1 Å². The average molecular weight is 403 g/mol. The van der Waals surface area contributed by atoms with Crippen LogP contribution >= 0.6 is 0 Å². The van der Waals surface area contributed by atoms with Gasteiger partial charge in [-0.3, -0.25) is 0 Å². The lowest BCUT2D eigenvalue weighted by atomic mass is 9.42. The predicted octanol–water partition coefficient (Wildman–Crippen LogP) is 3.21. The molecule has 1 aromatic rings. The number of aliphatic hydroxyl groups excluding tert-OH is 2. The van der Waals surface area contributed by atoms with E-state index in [9.17, 15) is 20.1 Å². The van der Waals surface area contributed by atoms with Crippen molar-refractivity contribution in [3.63, 3.8) is 0 Å². The second-order valence-corrected chi connectivity index (χ2v) is 10.9. The van der Waals surface area contributed by atoms with Crippen LogP contribution < -0.4 is 5.63 Å². The summed E-state index contributed by atoms with van der Waals surface area (Å²) in [6, 6.07) is 3.28. The van der Waals surface area contributed by atoms with E-state index in [1.807, 2.05) is 6.07 Å². The monoisotopic (exact) mass is 402 g/mol. The van der Waals surface area contributed by atoms with E-state index in [4.69, 9.17) is 4.42 Å². The summed E-state index contributed by atoms with van der Waals surface area (Å²) in [5, 5.41) is 33.8. The first-order chi connectivity index (χ1) is 13.7. The Bertz CT molecular complexity index is 829. The Kier molecular flexibility index (Phi) is 4.37. The molecule has 5 nitrogen and oxygen atoms in total. The third-order valence-electron chi connectivity index (χ3n) is 9.89. The fourth-order valence-electron chi connectivity index (χ4n) is 8.41. The van der Waals surface area contributed by atoms with Gasteiger partial charge in [0.25, 0.3) is 0 Å². The molecular weight excluding hydrogens is 368 g/mol. The lowest BCUT2D eigenvalue weighted by molar-refractivity contribution is -0.239. The smallest absolute Gasteiger partial charge is 0.335 e. The minimum absolute atomic E-state index is 0.0176. The van der Waals surface area contributed by atoms with Crippen LogP contribution in [0.15, 0.2) is 27.6 Å². The number of hydrogen-bond acceptors (Lipinski definition) is 5. The number of fused-ring (bicyclic) bond motifs is 5. The van der Waals surface area contributed by atoms with Crippen molar-refractivity contribution in [2.45, 2.75) is 88.9 Å². The van der Waals surface area contributed by atoms with E-state index in [2.05, 4.69) is 13.8 Å². The summed E-state index contributed by atoms with van der Waals surface area (Å²) in [5.41, 5.74) is -0.681. The molecule has 1 heterocycles. The molecule has 0 saturated heterocycles. The first-order valence-corrected chi connectivity index (χ1v) is 11.4. The molecule has 160 valence electrons. The molecule has 0 amide bonds. The van der Waals surface area contributed by atoms with Crippen LogP contribution in [-0.4, -0.2) is 33.1 Å². The van der Waals surface area contributed by atoms with Crippen molar-refractivity contribution in [3.05, 3.63) is 34.4 Å². The summed E-state index contributed by atoms with van der Waals surface area (Å²) < 4.78 is 5.14. The van der Waals surface area contributed by atoms with Gasteiger partial charge in [-0.15, -0.1) is 0 Å². The first kappa shape index (κ1) is 19.8. The van der Waals surface area contributed by atoms with Crippen LogP contribution in [0.1, 0.15) is 76.7 Å². The Hall–Kier alpha value is -1.17. The highest BCUT2D eigenvalue weighted by atomic mass is 16.4. The van der Waals surface area contributed by atoms with Crippen molar-refractivity contribution in [1.29, 1.82) is 0 Å². The maximum Gasteiger partial charge on any atom is 0.335 e. The van der Waals surface area contributed by atoms with Gasteiger partial charge in [0, 0.05) is 11.5 Å². The minimum Gasteiger partial charge on any atom is -0.431 e. The molecule has 4 saturated carbocycles. The lowest BCUT2D eigenvalue weighted by Gasteiger charge is -2.65. The van der Waals surface area contributed by atoms with Gasteiger partial charge in [-0.1, -0.05) is 13.8 Å². The Labute approximate surface area is 172 Å². The zero-order valence-electron chi connectivity index (χ0n) is 17.5. The van der Waals surface area contributed by atoms with Gasteiger partial charge in [0.15, 0.2) is 0 Å². The summed E-state index contributed by atoms with van der Waals surface area (Å²) >= 11 is 0. The molecule has 1 aromatic heterocycles. The number of hydrogen-bond donors (Lipinski definition) is 3. The fraction of sp³-hybridized carbons (Fsp3) is 0.792. The average Bonchev–Trinajstić information content (AvgIpc) is 2.94. The van der Waals surface area contributed by atoms with Crippen molar-refractivity contribution in [3.8, 4) is 0 Å². The Balaban J connectivity index is 1.52. The molecule has 29 heavy (non-hydrogen) atoms. The molecule has 0 bridgehead atoms. The molecule has 9 atom stereocenters. The standard InChI is InChI=1S/C24H34O5/c1-22-9-7-16(25)11-15(22)4-5-18-21(22)19(26)12-23(2)17(8-10-24(18,23)28)14-3-6-20(27)29-13-14/h3,6,13,15-19,21,25-26,28H,4-5,7-12H2,1-2H3/t15-,16+,17+,18+,19-,21-,22+,23+,24+/m1/s1. The number of rotatable bonds is 1. The molecule has 5 heteroatoms. The van der Waals surface area contributed by atoms with Crippen LogP contribution in [0.3, 0.4) is 0 Å². The Morgan fingerprint density at radius 2 is 1.86 bits per heavy atom. The van der Waals surface area contributed by atoms with Crippen LogP contribution in [0.4, 0.5) is 0 Å². The van der Waals surface area contributed by atoms with E-state index in [0.717, 1.165) is 50.5 Å². The molecule has 5 rings (SSSR count). The molecule has 4 aliphatic rings. The maximum absolute atomic E-state index is 12.2. The van der Waals surface area contributed by atoms with E-state index in [-0.39, 0.29) is 34.9 Å². The lowest BCUT2D eigenvalue weighted by Crippen LogP contribution is -2.66. The molecule has 0 aromatic carbocycles. The van der Waals surface area contributed by atoms with Gasteiger partial charge in [-0.2, -0.15) is 0 Å². The van der Waals surface area contributed by atoms with Crippen molar-refractivity contribution < 1.29 is 19.7 Å². The molecular formula is C24H34O5. The van der Waals surface area contributed by atoms with Gasteiger partial charge in [0.05, 0.1) is 24.1 Å². The molecule has 4 fully saturated rings. The normalized spacial score (nSPS) is 51.8. The molecule has 3 N–H and O–H groups in total. The van der Waals surface area contributed by atoms with E-state index in [1.54, 1.807) is 6.26 Å². The highest BCUT2D eigenvalue weighted by molar-refractivity contribution is 5.28.